The number of likely N-dealkylation sites (tertiary alicyclic amines) is 1. The van der Waals surface area contributed by atoms with Gasteiger partial charge in [0, 0.05) is 31.6 Å². The summed E-state index contributed by atoms with van der Waals surface area (Å²) in [6, 6.07) is 16.7. The number of benzene rings is 2. The van der Waals surface area contributed by atoms with Gasteiger partial charge in [-0.25, -0.2) is 0 Å². The maximum absolute atomic E-state index is 12.9. The van der Waals surface area contributed by atoms with Crippen LogP contribution in [0.1, 0.15) is 53.7 Å². The van der Waals surface area contributed by atoms with Crippen LogP contribution in [0.2, 0.25) is 0 Å². The highest BCUT2D eigenvalue weighted by atomic mass is 16.2. The van der Waals surface area contributed by atoms with Gasteiger partial charge in [-0.05, 0) is 37.5 Å². The average Bonchev–Trinajstić information content (AvgIpc) is 2.74. The zero-order valence-electron chi connectivity index (χ0n) is 17.6. The van der Waals surface area contributed by atoms with E-state index in [1.807, 2.05) is 54.3 Å². The molecular weight excluding hydrogens is 378 g/mol. The minimum atomic E-state index is -0.342. The third-order valence-corrected chi connectivity index (χ3v) is 5.45. The fraction of sp³-hybridized carbons (Fsp3) is 0.375. The summed E-state index contributed by atoms with van der Waals surface area (Å²) in [5, 5.41) is 5.95. The number of amides is 3. The van der Waals surface area contributed by atoms with E-state index in [0.29, 0.717) is 18.7 Å². The quantitative estimate of drug-likeness (QED) is 0.773. The summed E-state index contributed by atoms with van der Waals surface area (Å²) in [4.78, 5) is 38.7. The molecule has 0 radical (unpaired) electrons. The lowest BCUT2D eigenvalue weighted by atomic mass is 9.99. The topological polar surface area (TPSA) is 78.5 Å². The summed E-state index contributed by atoms with van der Waals surface area (Å²) in [7, 11) is 0. The predicted molar refractivity (Wildman–Crippen MR) is 116 cm³/mol. The third-order valence-electron chi connectivity index (χ3n) is 5.45. The van der Waals surface area contributed by atoms with Crippen molar-refractivity contribution in [1.29, 1.82) is 0 Å². The Morgan fingerprint density at radius 1 is 1.00 bits per heavy atom. The van der Waals surface area contributed by atoms with E-state index in [1.54, 1.807) is 12.1 Å². The van der Waals surface area contributed by atoms with Crippen molar-refractivity contribution >= 4 is 17.7 Å². The van der Waals surface area contributed by atoms with E-state index < -0.39 is 0 Å². The third kappa shape index (κ3) is 5.92. The highest BCUT2D eigenvalue weighted by Crippen LogP contribution is 2.21. The largest absolute Gasteiger partial charge is 0.349 e. The number of hydrogen-bond donors (Lipinski definition) is 2. The molecular formula is C24H29N3O3. The van der Waals surface area contributed by atoms with Crippen molar-refractivity contribution < 1.29 is 14.4 Å². The van der Waals surface area contributed by atoms with Crippen LogP contribution >= 0.6 is 0 Å². The normalized spacial score (nSPS) is 15.3. The number of aryl methyl sites for hydroxylation is 1. The molecule has 1 aliphatic heterocycles. The van der Waals surface area contributed by atoms with Crippen molar-refractivity contribution in [3.05, 3.63) is 71.3 Å². The molecule has 1 heterocycles. The molecule has 2 aromatic carbocycles. The molecule has 1 atom stereocenters. The van der Waals surface area contributed by atoms with Gasteiger partial charge in [-0.2, -0.15) is 0 Å². The van der Waals surface area contributed by atoms with E-state index >= 15 is 0 Å². The Kier molecular flexibility index (Phi) is 7.22. The Bertz CT molecular complexity index is 872. The molecule has 6 heteroatoms. The molecule has 0 aromatic heterocycles. The van der Waals surface area contributed by atoms with E-state index in [1.165, 1.54) is 6.92 Å². The second-order valence-corrected chi connectivity index (χ2v) is 7.86. The van der Waals surface area contributed by atoms with Crippen LogP contribution in [0.15, 0.2) is 54.6 Å². The smallest absolute Gasteiger partial charge is 0.251 e. The number of carbonyl (C=O) groups excluding carboxylic acids is 3. The standard InChI is InChI=1S/C24H29N3O3/c1-17-8-10-19(11-9-17)22(25-18(2)28)16-23(29)27-14-12-21(13-15-27)26-24(30)20-6-4-3-5-7-20/h3-11,21-22H,12-16H2,1-2H3,(H,25,28)(H,26,30). The molecule has 6 nitrogen and oxygen atoms in total. The van der Waals surface area contributed by atoms with E-state index in [0.717, 1.165) is 24.0 Å². The highest BCUT2D eigenvalue weighted by molar-refractivity contribution is 5.94. The molecule has 2 N–H and O–H groups in total. The van der Waals surface area contributed by atoms with Gasteiger partial charge >= 0.3 is 0 Å². The van der Waals surface area contributed by atoms with Crippen molar-refractivity contribution in [1.82, 2.24) is 15.5 Å². The summed E-state index contributed by atoms with van der Waals surface area (Å²) >= 11 is 0. The molecule has 2 aromatic rings. The lowest BCUT2D eigenvalue weighted by molar-refractivity contribution is -0.133. The minimum absolute atomic E-state index is 0.0159. The molecule has 0 spiro atoms. The van der Waals surface area contributed by atoms with Crippen LogP contribution in [0.3, 0.4) is 0 Å². The van der Waals surface area contributed by atoms with Crippen LogP contribution in [-0.2, 0) is 9.59 Å². The van der Waals surface area contributed by atoms with Crippen LogP contribution in [0.25, 0.3) is 0 Å². The Labute approximate surface area is 177 Å². The van der Waals surface area contributed by atoms with Gasteiger partial charge in [-0.1, -0.05) is 48.0 Å². The second kappa shape index (κ2) is 10.1. The van der Waals surface area contributed by atoms with Crippen molar-refractivity contribution in [2.24, 2.45) is 0 Å². The van der Waals surface area contributed by atoms with Crippen molar-refractivity contribution in [3.63, 3.8) is 0 Å². The van der Waals surface area contributed by atoms with Gasteiger partial charge in [0.05, 0.1) is 12.5 Å². The molecule has 1 unspecified atom stereocenters. The summed E-state index contributed by atoms with van der Waals surface area (Å²) in [5.41, 5.74) is 2.70. The summed E-state index contributed by atoms with van der Waals surface area (Å²) < 4.78 is 0. The molecule has 0 saturated carbocycles. The van der Waals surface area contributed by atoms with E-state index in [2.05, 4.69) is 10.6 Å². The lowest BCUT2D eigenvalue weighted by Gasteiger charge is -2.33. The Morgan fingerprint density at radius 3 is 2.23 bits per heavy atom. The van der Waals surface area contributed by atoms with Gasteiger partial charge in [0.15, 0.2) is 0 Å². The lowest BCUT2D eigenvalue weighted by Crippen LogP contribution is -2.47. The SMILES string of the molecule is CC(=O)NC(CC(=O)N1CCC(NC(=O)c2ccccc2)CC1)c1ccc(C)cc1. The highest BCUT2D eigenvalue weighted by Gasteiger charge is 2.26. The maximum atomic E-state index is 12.9. The fourth-order valence-corrected chi connectivity index (χ4v) is 3.73. The first-order valence-corrected chi connectivity index (χ1v) is 10.4. The molecule has 0 bridgehead atoms. The fourth-order valence-electron chi connectivity index (χ4n) is 3.73. The Hall–Kier alpha value is -3.15. The molecule has 3 rings (SSSR count). The molecule has 1 aliphatic rings. The van der Waals surface area contributed by atoms with Crippen LogP contribution in [-0.4, -0.2) is 41.8 Å². The first-order valence-electron chi connectivity index (χ1n) is 10.4. The van der Waals surface area contributed by atoms with Crippen LogP contribution < -0.4 is 10.6 Å². The monoisotopic (exact) mass is 407 g/mol. The first-order chi connectivity index (χ1) is 14.4. The molecule has 0 aliphatic carbocycles. The summed E-state index contributed by atoms with van der Waals surface area (Å²) in [6.45, 7) is 4.66. The molecule has 1 saturated heterocycles. The summed E-state index contributed by atoms with van der Waals surface area (Å²) in [5.74, 6) is -0.219. The van der Waals surface area contributed by atoms with Gasteiger partial charge in [-0.3, -0.25) is 14.4 Å². The molecule has 3 amide bonds. The van der Waals surface area contributed by atoms with Gasteiger partial charge in [0.1, 0.15) is 0 Å². The van der Waals surface area contributed by atoms with Gasteiger partial charge in [-0.15, -0.1) is 0 Å². The van der Waals surface area contributed by atoms with Crippen molar-refractivity contribution in [3.8, 4) is 0 Å². The van der Waals surface area contributed by atoms with Crippen molar-refractivity contribution in [2.75, 3.05) is 13.1 Å². The average molecular weight is 408 g/mol. The number of carbonyl (C=O) groups is 3. The molecule has 1 fully saturated rings. The van der Waals surface area contributed by atoms with Gasteiger partial charge in [0.25, 0.3) is 5.91 Å². The zero-order chi connectivity index (χ0) is 21.5. The number of hydrogen-bond acceptors (Lipinski definition) is 3. The Balaban J connectivity index is 1.53. The van der Waals surface area contributed by atoms with Crippen LogP contribution in [0, 0.1) is 6.92 Å². The maximum Gasteiger partial charge on any atom is 0.251 e. The number of nitrogens with one attached hydrogen (secondary N) is 2. The number of nitrogens with zero attached hydrogens (tertiary/aromatic N) is 1. The van der Waals surface area contributed by atoms with Gasteiger partial charge < -0.3 is 15.5 Å². The summed E-state index contributed by atoms with van der Waals surface area (Å²) in [6.07, 6.45) is 1.67. The zero-order valence-corrected chi connectivity index (χ0v) is 17.6. The molecule has 30 heavy (non-hydrogen) atoms. The number of piperidine rings is 1. The second-order valence-electron chi connectivity index (χ2n) is 7.86. The predicted octanol–water partition coefficient (Wildman–Crippen LogP) is 2.98. The van der Waals surface area contributed by atoms with E-state index in [4.69, 9.17) is 0 Å². The van der Waals surface area contributed by atoms with Gasteiger partial charge in [0.2, 0.25) is 11.8 Å². The van der Waals surface area contributed by atoms with Crippen LogP contribution in [0.5, 0.6) is 0 Å². The van der Waals surface area contributed by atoms with Crippen LogP contribution in [0.4, 0.5) is 0 Å². The van der Waals surface area contributed by atoms with Crippen molar-refractivity contribution in [2.45, 2.75) is 45.2 Å². The first kappa shape index (κ1) is 21.6. The molecule has 158 valence electrons. The Morgan fingerprint density at radius 2 is 1.63 bits per heavy atom. The van der Waals surface area contributed by atoms with E-state index in [9.17, 15) is 14.4 Å². The number of rotatable bonds is 6. The van der Waals surface area contributed by atoms with E-state index in [-0.39, 0.29) is 36.2 Å². The minimum Gasteiger partial charge on any atom is -0.349 e.